The lowest BCUT2D eigenvalue weighted by Gasteiger charge is -2.34. The van der Waals surface area contributed by atoms with E-state index in [2.05, 4.69) is 20.9 Å². The lowest BCUT2D eigenvalue weighted by Crippen LogP contribution is -2.42. The molecule has 0 unspecified atom stereocenters. The number of hydrogen-bond donors (Lipinski definition) is 4. The van der Waals surface area contributed by atoms with Crippen molar-refractivity contribution in [3.8, 4) is 0 Å². The van der Waals surface area contributed by atoms with Crippen molar-refractivity contribution in [2.45, 2.75) is 34.9 Å². The molecular formula is C21H22ClF3N4O2S. The average Bonchev–Trinajstić information content (AvgIpc) is 2.72. The smallest absolute Gasteiger partial charge is 0.416 e. The van der Waals surface area contributed by atoms with Crippen LogP contribution in [-0.4, -0.2) is 48.3 Å². The zero-order valence-corrected chi connectivity index (χ0v) is 18.5. The Morgan fingerprint density at radius 1 is 1.22 bits per heavy atom. The topological polar surface area (TPSA) is 76.6 Å². The number of piperidine rings is 1. The van der Waals surface area contributed by atoms with E-state index in [1.54, 1.807) is 12.1 Å². The fourth-order valence-electron chi connectivity index (χ4n) is 3.88. The molecule has 2 aromatic rings. The van der Waals surface area contributed by atoms with Crippen LogP contribution in [0.25, 0.3) is 0 Å². The fourth-order valence-corrected chi connectivity index (χ4v) is 5.22. The van der Waals surface area contributed by atoms with E-state index in [9.17, 15) is 18.0 Å². The van der Waals surface area contributed by atoms with Crippen LogP contribution in [0.1, 0.15) is 18.4 Å². The summed E-state index contributed by atoms with van der Waals surface area (Å²) >= 11 is 7.32. The number of carbonyl (C=O) groups is 1. The maximum absolute atomic E-state index is 13.6. The number of hydrogen-bond acceptors (Lipinski definition) is 5. The molecule has 4 N–H and O–H groups in total. The van der Waals surface area contributed by atoms with Crippen LogP contribution >= 0.6 is 23.4 Å². The van der Waals surface area contributed by atoms with Crippen molar-refractivity contribution in [3.63, 3.8) is 0 Å². The summed E-state index contributed by atoms with van der Waals surface area (Å²) in [6.07, 6.45) is -4.01. The summed E-state index contributed by atoms with van der Waals surface area (Å²) in [5.41, 5.74) is 1.16. The number of amides is 1. The van der Waals surface area contributed by atoms with Crippen molar-refractivity contribution in [2.75, 3.05) is 36.8 Å². The molecule has 1 amide bonds. The van der Waals surface area contributed by atoms with Crippen molar-refractivity contribution in [3.05, 3.63) is 40.9 Å². The molecule has 0 aromatic heterocycles. The SMILES string of the molecule is O=C(O)NCCN1CCC(Nc2cc(C(F)(F)F)cc3c2Nc2ccc(Cl)cc2S3)CC1. The molecule has 1 fully saturated rings. The normalized spacial score (nSPS) is 16.6. The van der Waals surface area contributed by atoms with Gasteiger partial charge in [0.05, 0.1) is 22.6 Å². The van der Waals surface area contributed by atoms with Crippen LogP contribution in [0.2, 0.25) is 5.02 Å². The third kappa shape index (κ3) is 5.36. The second-order valence-electron chi connectivity index (χ2n) is 7.75. The first-order chi connectivity index (χ1) is 15.2. The molecule has 2 heterocycles. The van der Waals surface area contributed by atoms with Crippen molar-refractivity contribution in [1.29, 1.82) is 0 Å². The molecule has 0 spiro atoms. The summed E-state index contributed by atoms with van der Waals surface area (Å²) in [5.74, 6) is 0. The van der Waals surface area contributed by atoms with Crippen LogP contribution in [0.4, 0.5) is 35.0 Å². The zero-order chi connectivity index (χ0) is 22.9. The van der Waals surface area contributed by atoms with Gasteiger partial charge in [-0.15, -0.1) is 0 Å². The van der Waals surface area contributed by atoms with Gasteiger partial charge in [-0.2, -0.15) is 13.2 Å². The molecule has 32 heavy (non-hydrogen) atoms. The van der Waals surface area contributed by atoms with Crippen molar-refractivity contribution in [1.82, 2.24) is 10.2 Å². The van der Waals surface area contributed by atoms with E-state index in [1.165, 1.54) is 17.8 Å². The van der Waals surface area contributed by atoms with Crippen LogP contribution in [0, 0.1) is 0 Å². The monoisotopic (exact) mass is 486 g/mol. The molecule has 0 radical (unpaired) electrons. The molecule has 1 saturated heterocycles. The number of halogens is 4. The molecular weight excluding hydrogens is 465 g/mol. The first kappa shape index (κ1) is 22.9. The highest BCUT2D eigenvalue weighted by Gasteiger charge is 2.34. The van der Waals surface area contributed by atoms with Crippen molar-refractivity contribution in [2.24, 2.45) is 0 Å². The van der Waals surface area contributed by atoms with Gasteiger partial charge < -0.3 is 26.0 Å². The van der Waals surface area contributed by atoms with Crippen LogP contribution in [-0.2, 0) is 6.18 Å². The number of alkyl halides is 3. The minimum Gasteiger partial charge on any atom is -0.465 e. The predicted octanol–water partition coefficient (Wildman–Crippen LogP) is 5.71. The summed E-state index contributed by atoms with van der Waals surface area (Å²) in [4.78, 5) is 14.0. The third-order valence-corrected chi connectivity index (χ3v) is 6.84. The van der Waals surface area contributed by atoms with Gasteiger partial charge in [0.2, 0.25) is 0 Å². The van der Waals surface area contributed by atoms with Gasteiger partial charge >= 0.3 is 12.3 Å². The molecule has 0 aliphatic carbocycles. The molecule has 2 aliphatic rings. The van der Waals surface area contributed by atoms with E-state index >= 15 is 0 Å². The minimum atomic E-state index is -4.46. The Bertz CT molecular complexity index is 1010. The molecule has 2 aliphatic heterocycles. The Morgan fingerprint density at radius 2 is 1.97 bits per heavy atom. The number of benzene rings is 2. The van der Waals surface area contributed by atoms with Gasteiger partial charge in [-0.25, -0.2) is 4.79 Å². The first-order valence-electron chi connectivity index (χ1n) is 10.1. The largest absolute Gasteiger partial charge is 0.465 e. The van der Waals surface area contributed by atoms with Crippen molar-refractivity contribution >= 4 is 46.5 Å². The molecule has 0 bridgehead atoms. The summed E-state index contributed by atoms with van der Waals surface area (Å²) in [6.45, 7) is 2.43. The van der Waals surface area contributed by atoms with Gasteiger partial charge in [0.15, 0.2) is 0 Å². The number of nitrogens with one attached hydrogen (secondary N) is 3. The highest BCUT2D eigenvalue weighted by molar-refractivity contribution is 7.99. The maximum Gasteiger partial charge on any atom is 0.416 e. The number of anilines is 3. The van der Waals surface area contributed by atoms with Crippen molar-refractivity contribution < 1.29 is 23.1 Å². The van der Waals surface area contributed by atoms with Crippen LogP contribution in [0.3, 0.4) is 0 Å². The molecule has 2 aromatic carbocycles. The summed E-state index contributed by atoms with van der Waals surface area (Å²) < 4.78 is 40.7. The van der Waals surface area contributed by atoms with Gasteiger partial charge in [0, 0.05) is 47.0 Å². The van der Waals surface area contributed by atoms with Crippen LogP contribution in [0.5, 0.6) is 0 Å². The Balaban J connectivity index is 1.50. The highest BCUT2D eigenvalue weighted by Crippen LogP contribution is 2.50. The second-order valence-corrected chi connectivity index (χ2v) is 9.27. The Morgan fingerprint density at radius 3 is 2.66 bits per heavy atom. The second kappa shape index (κ2) is 9.29. The standard InChI is InChI=1S/C21H22ClF3N4O2S/c22-13-1-2-15-17(11-13)32-18-10-12(21(23,24)25)9-16(19(18)28-15)27-14-3-6-29(7-4-14)8-5-26-20(30)31/h1-2,9-11,14,26-28H,3-8H2,(H,30,31). The van der Waals surface area contributed by atoms with E-state index in [0.29, 0.717) is 34.4 Å². The number of nitrogens with zero attached hydrogens (tertiary/aromatic N) is 1. The van der Waals surface area contributed by atoms with E-state index in [4.69, 9.17) is 16.7 Å². The van der Waals surface area contributed by atoms with Crippen LogP contribution in [0.15, 0.2) is 40.1 Å². The number of fused-ring (bicyclic) bond motifs is 2. The van der Waals surface area contributed by atoms with E-state index in [-0.39, 0.29) is 6.04 Å². The number of carboxylic acid groups (broad SMARTS) is 1. The summed E-state index contributed by atoms with van der Waals surface area (Å²) in [5, 5.41) is 18.1. The summed E-state index contributed by atoms with van der Waals surface area (Å²) in [7, 11) is 0. The lowest BCUT2D eigenvalue weighted by molar-refractivity contribution is -0.137. The third-order valence-electron chi connectivity index (χ3n) is 5.50. The molecule has 4 rings (SSSR count). The molecule has 6 nitrogen and oxygen atoms in total. The Labute approximate surface area is 192 Å². The van der Waals surface area contributed by atoms with E-state index in [1.807, 2.05) is 6.07 Å². The quantitative estimate of drug-likeness (QED) is 0.370. The van der Waals surface area contributed by atoms with Gasteiger partial charge in [0.25, 0.3) is 0 Å². The number of rotatable bonds is 5. The number of likely N-dealkylation sites (tertiary alicyclic amines) is 1. The first-order valence-corrected chi connectivity index (χ1v) is 11.3. The fraction of sp³-hybridized carbons (Fsp3) is 0.381. The molecule has 11 heteroatoms. The van der Waals surface area contributed by atoms with Gasteiger partial charge in [0.1, 0.15) is 0 Å². The predicted molar refractivity (Wildman–Crippen MR) is 119 cm³/mol. The summed E-state index contributed by atoms with van der Waals surface area (Å²) in [6, 6.07) is 7.64. The molecule has 0 saturated carbocycles. The average molecular weight is 487 g/mol. The highest BCUT2D eigenvalue weighted by atomic mass is 35.5. The Hall–Kier alpha value is -2.30. The molecule has 172 valence electrons. The van der Waals surface area contributed by atoms with Gasteiger partial charge in [-0.3, -0.25) is 0 Å². The van der Waals surface area contributed by atoms with Gasteiger partial charge in [-0.1, -0.05) is 23.4 Å². The van der Waals surface area contributed by atoms with Gasteiger partial charge in [-0.05, 0) is 43.2 Å². The lowest BCUT2D eigenvalue weighted by atomic mass is 10.0. The Kier molecular flexibility index (Phi) is 6.64. The minimum absolute atomic E-state index is 0.0182. The maximum atomic E-state index is 13.6. The van der Waals surface area contributed by atoms with E-state index < -0.39 is 17.8 Å². The zero-order valence-electron chi connectivity index (χ0n) is 16.9. The molecule has 0 atom stereocenters. The van der Waals surface area contributed by atoms with Crippen LogP contribution < -0.4 is 16.0 Å². The van der Waals surface area contributed by atoms with E-state index in [0.717, 1.165) is 42.6 Å².